The van der Waals surface area contributed by atoms with Crippen LogP contribution in [-0.2, 0) is 0 Å². The zero-order chi connectivity index (χ0) is 14.4. The van der Waals surface area contributed by atoms with Gasteiger partial charge < -0.3 is 0 Å². The topological polar surface area (TPSA) is 17.1 Å². The molecule has 0 saturated heterocycles. The monoisotopic (exact) mass is 282 g/mol. The average Bonchev–Trinajstić information content (AvgIpc) is 2.47. The molecule has 102 valence electrons. The standard InChI is InChI=1S/C18H18OS/c1-14(2)13-17(20-16-11-7-4-8-12-16)18(19)15-9-5-3-6-10-15/h3-14H,1-2H3/b17-13-. The predicted octanol–water partition coefficient (Wildman–Crippen LogP) is 5.20. The average molecular weight is 282 g/mol. The van der Waals surface area contributed by atoms with Crippen LogP contribution >= 0.6 is 11.8 Å². The highest BCUT2D eigenvalue weighted by atomic mass is 32.2. The van der Waals surface area contributed by atoms with Crippen LogP contribution in [0.1, 0.15) is 24.2 Å². The molecule has 0 saturated carbocycles. The van der Waals surface area contributed by atoms with E-state index in [-0.39, 0.29) is 5.78 Å². The van der Waals surface area contributed by atoms with Gasteiger partial charge in [0.05, 0.1) is 4.91 Å². The van der Waals surface area contributed by atoms with E-state index in [1.807, 2.05) is 66.7 Å². The number of carbonyl (C=O) groups excluding carboxylic acids is 1. The van der Waals surface area contributed by atoms with Gasteiger partial charge in [-0.2, -0.15) is 0 Å². The highest BCUT2D eigenvalue weighted by Crippen LogP contribution is 2.30. The van der Waals surface area contributed by atoms with Gasteiger partial charge in [-0.1, -0.05) is 80.2 Å². The van der Waals surface area contributed by atoms with Crippen LogP contribution in [0.2, 0.25) is 0 Å². The second-order valence-electron chi connectivity index (χ2n) is 4.89. The Balaban J connectivity index is 2.27. The normalized spacial score (nSPS) is 11.7. The number of rotatable bonds is 5. The molecule has 0 spiro atoms. The largest absolute Gasteiger partial charge is 0.288 e. The lowest BCUT2D eigenvalue weighted by Crippen LogP contribution is -2.02. The lowest BCUT2D eigenvalue weighted by molar-refractivity contribution is 0.104. The maximum Gasteiger partial charge on any atom is 0.199 e. The summed E-state index contributed by atoms with van der Waals surface area (Å²) >= 11 is 1.53. The van der Waals surface area contributed by atoms with Gasteiger partial charge in [0.25, 0.3) is 0 Å². The Labute approximate surface area is 124 Å². The minimum atomic E-state index is 0.0909. The summed E-state index contributed by atoms with van der Waals surface area (Å²) in [6.07, 6.45) is 2.03. The lowest BCUT2D eigenvalue weighted by Gasteiger charge is -2.08. The molecular weight excluding hydrogens is 264 g/mol. The molecule has 0 aliphatic heterocycles. The minimum absolute atomic E-state index is 0.0909. The highest BCUT2D eigenvalue weighted by Gasteiger charge is 2.14. The fourth-order valence-corrected chi connectivity index (χ4v) is 2.90. The van der Waals surface area contributed by atoms with Gasteiger partial charge in [-0.3, -0.25) is 4.79 Å². The minimum Gasteiger partial charge on any atom is -0.288 e. The van der Waals surface area contributed by atoms with Gasteiger partial charge in [0.2, 0.25) is 0 Å². The number of carbonyl (C=O) groups is 1. The molecule has 2 aromatic carbocycles. The van der Waals surface area contributed by atoms with E-state index in [1.54, 1.807) is 0 Å². The molecule has 0 N–H and O–H groups in total. The number of hydrogen-bond donors (Lipinski definition) is 0. The van der Waals surface area contributed by atoms with Crippen LogP contribution in [0.15, 0.2) is 76.5 Å². The van der Waals surface area contributed by atoms with Crippen molar-refractivity contribution in [1.82, 2.24) is 0 Å². The summed E-state index contributed by atoms with van der Waals surface area (Å²) in [7, 11) is 0. The molecule has 0 aliphatic carbocycles. The Bertz CT molecular complexity index is 585. The van der Waals surface area contributed by atoms with Gasteiger partial charge in [0, 0.05) is 10.5 Å². The summed E-state index contributed by atoms with van der Waals surface area (Å²) in [5.41, 5.74) is 0.739. The highest BCUT2D eigenvalue weighted by molar-refractivity contribution is 8.04. The zero-order valence-electron chi connectivity index (χ0n) is 11.7. The second kappa shape index (κ2) is 7.11. The van der Waals surface area contributed by atoms with Gasteiger partial charge in [-0.25, -0.2) is 0 Å². The number of hydrogen-bond acceptors (Lipinski definition) is 2. The summed E-state index contributed by atoms with van der Waals surface area (Å²) in [5, 5.41) is 0. The Hall–Kier alpha value is -1.80. The van der Waals surface area contributed by atoms with Crippen molar-refractivity contribution < 1.29 is 4.79 Å². The molecule has 0 bridgehead atoms. The Morgan fingerprint density at radius 3 is 2.05 bits per heavy atom. The van der Waals surface area contributed by atoms with Crippen molar-refractivity contribution in [1.29, 1.82) is 0 Å². The van der Waals surface area contributed by atoms with E-state index < -0.39 is 0 Å². The van der Waals surface area contributed by atoms with E-state index in [4.69, 9.17) is 0 Å². The van der Waals surface area contributed by atoms with Crippen LogP contribution in [0, 0.1) is 5.92 Å². The molecule has 0 fully saturated rings. The third-order valence-electron chi connectivity index (χ3n) is 2.72. The van der Waals surface area contributed by atoms with Crippen molar-refractivity contribution in [2.75, 3.05) is 0 Å². The number of allylic oxidation sites excluding steroid dienone is 2. The molecule has 0 aliphatic rings. The van der Waals surface area contributed by atoms with Crippen LogP contribution < -0.4 is 0 Å². The van der Waals surface area contributed by atoms with Crippen molar-refractivity contribution in [3.8, 4) is 0 Å². The fraction of sp³-hybridized carbons (Fsp3) is 0.167. The first kappa shape index (κ1) is 14.6. The third kappa shape index (κ3) is 4.10. The quantitative estimate of drug-likeness (QED) is 0.426. The molecule has 2 heteroatoms. The fourth-order valence-electron chi connectivity index (χ4n) is 1.81. The Morgan fingerprint density at radius 2 is 1.50 bits per heavy atom. The van der Waals surface area contributed by atoms with Crippen LogP contribution in [0.25, 0.3) is 0 Å². The van der Waals surface area contributed by atoms with Crippen molar-refractivity contribution in [2.24, 2.45) is 5.92 Å². The maximum atomic E-state index is 12.6. The van der Waals surface area contributed by atoms with E-state index in [0.717, 1.165) is 15.4 Å². The molecule has 20 heavy (non-hydrogen) atoms. The first-order valence-electron chi connectivity index (χ1n) is 6.71. The van der Waals surface area contributed by atoms with Crippen molar-refractivity contribution in [3.05, 3.63) is 77.2 Å². The third-order valence-corrected chi connectivity index (χ3v) is 3.76. The van der Waals surface area contributed by atoms with Gasteiger partial charge >= 0.3 is 0 Å². The summed E-state index contributed by atoms with van der Waals surface area (Å²) < 4.78 is 0. The lowest BCUT2D eigenvalue weighted by atomic mass is 10.1. The molecule has 2 rings (SSSR count). The SMILES string of the molecule is CC(C)/C=C(\Sc1ccccc1)C(=O)c1ccccc1. The molecular formula is C18H18OS. The molecule has 0 heterocycles. The smallest absolute Gasteiger partial charge is 0.199 e. The molecule has 0 radical (unpaired) electrons. The number of thioether (sulfide) groups is 1. The predicted molar refractivity (Wildman–Crippen MR) is 86.0 cm³/mol. The molecule has 2 aromatic rings. The Kier molecular flexibility index (Phi) is 5.19. The summed E-state index contributed by atoms with van der Waals surface area (Å²) in [6.45, 7) is 4.17. The molecule has 0 amide bonds. The van der Waals surface area contributed by atoms with Crippen LogP contribution in [0.4, 0.5) is 0 Å². The number of benzene rings is 2. The summed E-state index contributed by atoms with van der Waals surface area (Å²) in [6, 6.07) is 19.5. The maximum absolute atomic E-state index is 12.6. The number of ketones is 1. The molecule has 0 unspecified atom stereocenters. The zero-order valence-corrected chi connectivity index (χ0v) is 12.6. The molecule has 0 aromatic heterocycles. The molecule has 0 atom stereocenters. The first-order chi connectivity index (χ1) is 9.66. The first-order valence-corrected chi connectivity index (χ1v) is 7.53. The van der Waals surface area contributed by atoms with Crippen molar-refractivity contribution in [2.45, 2.75) is 18.7 Å². The van der Waals surface area contributed by atoms with Crippen LogP contribution in [-0.4, -0.2) is 5.78 Å². The van der Waals surface area contributed by atoms with Crippen LogP contribution in [0.5, 0.6) is 0 Å². The van der Waals surface area contributed by atoms with Crippen LogP contribution in [0.3, 0.4) is 0 Å². The van der Waals surface area contributed by atoms with E-state index in [9.17, 15) is 4.79 Å². The van der Waals surface area contributed by atoms with Gasteiger partial charge in [-0.05, 0) is 18.1 Å². The van der Waals surface area contributed by atoms with E-state index >= 15 is 0 Å². The van der Waals surface area contributed by atoms with Crippen molar-refractivity contribution in [3.63, 3.8) is 0 Å². The summed E-state index contributed by atoms with van der Waals surface area (Å²) in [5.74, 6) is 0.432. The van der Waals surface area contributed by atoms with Gasteiger partial charge in [-0.15, -0.1) is 0 Å². The van der Waals surface area contributed by atoms with Gasteiger partial charge in [0.15, 0.2) is 5.78 Å². The summed E-state index contributed by atoms with van der Waals surface area (Å²) in [4.78, 5) is 14.5. The van der Waals surface area contributed by atoms with E-state index in [0.29, 0.717) is 5.92 Å². The van der Waals surface area contributed by atoms with E-state index in [1.165, 1.54) is 11.8 Å². The second-order valence-corrected chi connectivity index (χ2v) is 6.00. The molecule has 1 nitrogen and oxygen atoms in total. The number of Topliss-reactive ketones (excluding diaryl/α,β-unsaturated/α-hetero) is 1. The van der Waals surface area contributed by atoms with E-state index in [2.05, 4.69) is 13.8 Å². The Morgan fingerprint density at radius 1 is 0.950 bits per heavy atom. The van der Waals surface area contributed by atoms with Crippen molar-refractivity contribution >= 4 is 17.5 Å². The van der Waals surface area contributed by atoms with Gasteiger partial charge in [0.1, 0.15) is 0 Å².